The highest BCUT2D eigenvalue weighted by Crippen LogP contribution is 2.30. The highest BCUT2D eigenvalue weighted by Gasteiger charge is 2.14. The van der Waals surface area contributed by atoms with E-state index in [1.54, 1.807) is 25.1 Å². The average molecular weight is 237 g/mol. The number of hydrogen-bond donors (Lipinski definition) is 2. The van der Waals surface area contributed by atoms with E-state index in [1.165, 1.54) is 0 Å². The summed E-state index contributed by atoms with van der Waals surface area (Å²) in [6, 6.07) is 5.03. The molecule has 1 aliphatic rings. The van der Waals surface area contributed by atoms with Crippen molar-refractivity contribution in [3.8, 4) is 11.5 Å². The van der Waals surface area contributed by atoms with E-state index in [0.29, 0.717) is 30.3 Å². The van der Waals surface area contributed by atoms with Gasteiger partial charge in [-0.25, -0.2) is 0 Å². The molecule has 2 rings (SSSR count). The quantitative estimate of drug-likeness (QED) is 0.806. The summed E-state index contributed by atoms with van der Waals surface area (Å²) in [6.45, 7) is 2.86. The van der Waals surface area contributed by atoms with Gasteiger partial charge in [-0.15, -0.1) is 0 Å². The molecule has 92 valence electrons. The van der Waals surface area contributed by atoms with Crippen molar-refractivity contribution in [2.24, 2.45) is 0 Å². The van der Waals surface area contributed by atoms with Crippen LogP contribution in [0.4, 0.5) is 0 Å². The van der Waals surface area contributed by atoms with E-state index in [-0.39, 0.29) is 12.5 Å². The molecule has 0 fully saturated rings. The van der Waals surface area contributed by atoms with Crippen LogP contribution in [0.5, 0.6) is 11.5 Å². The lowest BCUT2D eigenvalue weighted by molar-refractivity contribution is 0.0923. The first-order chi connectivity index (χ1) is 8.16. The smallest absolute Gasteiger partial charge is 0.251 e. The summed E-state index contributed by atoms with van der Waals surface area (Å²) in [5, 5.41) is 11.7. The van der Waals surface area contributed by atoms with Gasteiger partial charge in [0, 0.05) is 12.1 Å². The van der Waals surface area contributed by atoms with Crippen LogP contribution in [-0.2, 0) is 0 Å². The average Bonchev–Trinajstić information content (AvgIpc) is 2.35. The fraction of sp³-hybridized carbons (Fsp3) is 0.417. The maximum absolute atomic E-state index is 11.7. The molecule has 1 aromatic rings. The van der Waals surface area contributed by atoms with E-state index < -0.39 is 6.10 Å². The molecule has 1 heterocycles. The molecule has 2 N–H and O–H groups in total. The van der Waals surface area contributed by atoms with E-state index >= 15 is 0 Å². The minimum Gasteiger partial charge on any atom is -0.486 e. The summed E-state index contributed by atoms with van der Waals surface area (Å²) in [5.74, 6) is 1.01. The lowest BCUT2D eigenvalue weighted by Gasteiger charge is -2.18. The summed E-state index contributed by atoms with van der Waals surface area (Å²) in [4.78, 5) is 11.7. The Labute approximate surface area is 99.3 Å². The standard InChI is InChI=1S/C12H15NO4/c1-8(14)7-13-12(15)9-2-3-10-11(6-9)17-5-4-16-10/h2-3,6,8,14H,4-5,7H2,1H3,(H,13,15)/t8-/m1/s1. The Morgan fingerprint density at radius 3 is 2.82 bits per heavy atom. The number of hydrogen-bond acceptors (Lipinski definition) is 4. The van der Waals surface area contributed by atoms with Crippen molar-refractivity contribution >= 4 is 5.91 Å². The van der Waals surface area contributed by atoms with Crippen molar-refractivity contribution in [3.05, 3.63) is 23.8 Å². The van der Waals surface area contributed by atoms with Gasteiger partial charge >= 0.3 is 0 Å². The molecule has 0 aliphatic carbocycles. The Morgan fingerprint density at radius 1 is 1.41 bits per heavy atom. The number of carbonyl (C=O) groups is 1. The number of nitrogens with one attached hydrogen (secondary N) is 1. The van der Waals surface area contributed by atoms with Gasteiger partial charge in [0.15, 0.2) is 11.5 Å². The number of carbonyl (C=O) groups excluding carboxylic acids is 1. The Hall–Kier alpha value is -1.75. The predicted octanol–water partition coefficient (Wildman–Crippen LogP) is 0.568. The molecule has 0 spiro atoms. The zero-order valence-corrected chi connectivity index (χ0v) is 9.60. The number of ether oxygens (including phenoxy) is 2. The Morgan fingerprint density at radius 2 is 2.12 bits per heavy atom. The molecule has 0 aromatic heterocycles. The molecule has 1 amide bonds. The Kier molecular flexibility index (Phi) is 3.49. The zero-order chi connectivity index (χ0) is 12.3. The van der Waals surface area contributed by atoms with Gasteiger partial charge in [0.1, 0.15) is 13.2 Å². The third-order valence-electron chi connectivity index (χ3n) is 2.36. The number of benzene rings is 1. The number of aliphatic hydroxyl groups excluding tert-OH is 1. The SMILES string of the molecule is C[C@@H](O)CNC(=O)c1ccc2c(c1)OCCO2. The van der Waals surface area contributed by atoms with E-state index in [9.17, 15) is 4.79 Å². The first kappa shape index (κ1) is 11.7. The zero-order valence-electron chi connectivity index (χ0n) is 9.60. The predicted molar refractivity (Wildman–Crippen MR) is 61.4 cm³/mol. The van der Waals surface area contributed by atoms with Gasteiger partial charge in [-0.2, -0.15) is 0 Å². The maximum Gasteiger partial charge on any atom is 0.251 e. The fourth-order valence-electron chi connectivity index (χ4n) is 1.53. The molecule has 1 atom stereocenters. The third-order valence-corrected chi connectivity index (χ3v) is 2.36. The van der Waals surface area contributed by atoms with Gasteiger partial charge < -0.3 is 19.9 Å². The van der Waals surface area contributed by atoms with Crippen LogP contribution in [-0.4, -0.2) is 36.9 Å². The van der Waals surface area contributed by atoms with E-state index in [1.807, 2.05) is 0 Å². The van der Waals surface area contributed by atoms with Crippen molar-refractivity contribution < 1.29 is 19.4 Å². The van der Waals surface area contributed by atoms with Crippen LogP contribution in [0, 0.1) is 0 Å². The topological polar surface area (TPSA) is 67.8 Å². The second kappa shape index (κ2) is 5.05. The van der Waals surface area contributed by atoms with Crippen LogP contribution in [0.1, 0.15) is 17.3 Å². The molecule has 0 unspecified atom stereocenters. The summed E-state index contributed by atoms with van der Waals surface area (Å²) in [7, 11) is 0. The molecule has 17 heavy (non-hydrogen) atoms. The van der Waals surface area contributed by atoms with E-state index in [4.69, 9.17) is 14.6 Å². The molecule has 5 heteroatoms. The Balaban J connectivity index is 2.08. The molecule has 5 nitrogen and oxygen atoms in total. The molecular weight excluding hydrogens is 222 g/mol. The third kappa shape index (κ3) is 2.88. The number of amides is 1. The second-order valence-electron chi connectivity index (χ2n) is 3.92. The maximum atomic E-state index is 11.7. The first-order valence-corrected chi connectivity index (χ1v) is 5.53. The number of fused-ring (bicyclic) bond motifs is 1. The largest absolute Gasteiger partial charge is 0.486 e. The summed E-state index contributed by atoms with van der Waals surface area (Å²) in [5.41, 5.74) is 0.495. The number of rotatable bonds is 3. The van der Waals surface area contributed by atoms with Crippen molar-refractivity contribution in [3.63, 3.8) is 0 Å². The minimum absolute atomic E-state index is 0.229. The van der Waals surface area contributed by atoms with Gasteiger partial charge in [0.2, 0.25) is 0 Å². The second-order valence-corrected chi connectivity index (χ2v) is 3.92. The van der Waals surface area contributed by atoms with Crippen LogP contribution >= 0.6 is 0 Å². The molecule has 0 saturated heterocycles. The van der Waals surface area contributed by atoms with E-state index in [0.717, 1.165) is 0 Å². The van der Waals surface area contributed by atoms with Crippen LogP contribution in [0.15, 0.2) is 18.2 Å². The van der Waals surface area contributed by atoms with Gasteiger partial charge in [0.25, 0.3) is 5.91 Å². The van der Waals surface area contributed by atoms with Gasteiger partial charge in [0.05, 0.1) is 6.10 Å². The minimum atomic E-state index is -0.559. The first-order valence-electron chi connectivity index (χ1n) is 5.53. The van der Waals surface area contributed by atoms with Crippen LogP contribution < -0.4 is 14.8 Å². The molecule has 1 aliphatic heterocycles. The molecule has 1 aromatic carbocycles. The van der Waals surface area contributed by atoms with Crippen LogP contribution in [0.2, 0.25) is 0 Å². The monoisotopic (exact) mass is 237 g/mol. The van der Waals surface area contributed by atoms with Gasteiger partial charge in [-0.3, -0.25) is 4.79 Å². The normalized spacial score (nSPS) is 15.2. The Bertz CT molecular complexity index is 417. The van der Waals surface area contributed by atoms with Crippen LogP contribution in [0.25, 0.3) is 0 Å². The van der Waals surface area contributed by atoms with Crippen LogP contribution in [0.3, 0.4) is 0 Å². The molecule has 0 radical (unpaired) electrons. The lowest BCUT2D eigenvalue weighted by atomic mass is 10.2. The fourth-order valence-corrected chi connectivity index (χ4v) is 1.53. The van der Waals surface area contributed by atoms with Crippen molar-refractivity contribution in [2.75, 3.05) is 19.8 Å². The highest BCUT2D eigenvalue weighted by atomic mass is 16.6. The highest BCUT2D eigenvalue weighted by molar-refractivity contribution is 5.94. The van der Waals surface area contributed by atoms with Crippen molar-refractivity contribution in [1.29, 1.82) is 0 Å². The number of aliphatic hydroxyl groups is 1. The molecule has 0 bridgehead atoms. The summed E-state index contributed by atoms with van der Waals surface area (Å²) >= 11 is 0. The van der Waals surface area contributed by atoms with Crippen molar-refractivity contribution in [1.82, 2.24) is 5.32 Å². The molecule has 0 saturated carbocycles. The molecular formula is C12H15NO4. The lowest BCUT2D eigenvalue weighted by Crippen LogP contribution is -2.30. The van der Waals surface area contributed by atoms with Crippen molar-refractivity contribution in [2.45, 2.75) is 13.0 Å². The summed E-state index contributed by atoms with van der Waals surface area (Å²) in [6.07, 6.45) is -0.559. The van der Waals surface area contributed by atoms with E-state index in [2.05, 4.69) is 5.32 Å². The van der Waals surface area contributed by atoms with Gasteiger partial charge in [-0.05, 0) is 25.1 Å². The van der Waals surface area contributed by atoms with Gasteiger partial charge in [-0.1, -0.05) is 0 Å². The summed E-state index contributed by atoms with van der Waals surface area (Å²) < 4.78 is 10.7.